The number of hydrogen-bond acceptors (Lipinski definition) is 3. The Bertz CT molecular complexity index is 537. The van der Waals surface area contributed by atoms with Crippen LogP contribution in [0.4, 0.5) is 8.78 Å². The normalized spacial score (nSPS) is 29.0. The molecule has 1 spiro atoms. The van der Waals surface area contributed by atoms with Crippen LogP contribution in [0.25, 0.3) is 0 Å². The molecule has 1 heterocycles. The molecule has 3 nitrogen and oxygen atoms in total. The monoisotopic (exact) mass is 312 g/mol. The third kappa shape index (κ3) is 2.61. The number of benzene rings is 1. The lowest BCUT2D eigenvalue weighted by molar-refractivity contribution is -0.100. The molecular weight excluding hydrogens is 290 g/mol. The SMILES string of the molecule is C[C@H](C(O)O)C1CCC2(CC1)COc1cc(C(F)F)ccc12. The van der Waals surface area contributed by atoms with Gasteiger partial charge in [0.2, 0.25) is 0 Å². The molecule has 22 heavy (non-hydrogen) atoms. The van der Waals surface area contributed by atoms with Crippen LogP contribution in [0.1, 0.15) is 50.2 Å². The van der Waals surface area contributed by atoms with Gasteiger partial charge in [-0.25, -0.2) is 8.78 Å². The van der Waals surface area contributed by atoms with Gasteiger partial charge in [0.15, 0.2) is 6.29 Å². The molecule has 1 saturated carbocycles. The Morgan fingerprint density at radius 3 is 2.50 bits per heavy atom. The highest BCUT2D eigenvalue weighted by Crippen LogP contribution is 2.50. The van der Waals surface area contributed by atoms with Gasteiger partial charge in [-0.05, 0) is 37.7 Å². The average Bonchev–Trinajstić information content (AvgIpc) is 2.85. The number of aliphatic hydroxyl groups is 2. The van der Waals surface area contributed by atoms with E-state index < -0.39 is 12.7 Å². The van der Waals surface area contributed by atoms with Crippen LogP contribution in [0.2, 0.25) is 0 Å². The summed E-state index contributed by atoms with van der Waals surface area (Å²) < 4.78 is 31.3. The maximum Gasteiger partial charge on any atom is 0.263 e. The Kier molecular flexibility index (Phi) is 4.12. The molecule has 0 amide bonds. The molecule has 1 aliphatic carbocycles. The molecule has 2 N–H and O–H groups in total. The van der Waals surface area contributed by atoms with Gasteiger partial charge in [0.05, 0.1) is 6.61 Å². The molecular formula is C17H22F2O3. The van der Waals surface area contributed by atoms with Crippen molar-refractivity contribution in [2.45, 2.75) is 50.7 Å². The lowest BCUT2D eigenvalue weighted by Gasteiger charge is -2.39. The van der Waals surface area contributed by atoms with Crippen molar-refractivity contribution in [1.82, 2.24) is 0 Å². The lowest BCUT2D eigenvalue weighted by atomic mass is 9.65. The predicted octanol–water partition coefficient (Wildman–Crippen LogP) is 3.39. The van der Waals surface area contributed by atoms with E-state index in [1.54, 1.807) is 6.07 Å². The van der Waals surface area contributed by atoms with Crippen molar-refractivity contribution >= 4 is 0 Å². The Morgan fingerprint density at radius 2 is 1.91 bits per heavy atom. The predicted molar refractivity (Wildman–Crippen MR) is 77.9 cm³/mol. The van der Waals surface area contributed by atoms with Crippen molar-refractivity contribution in [3.05, 3.63) is 29.3 Å². The maximum absolute atomic E-state index is 12.8. The highest BCUT2D eigenvalue weighted by Gasteiger charge is 2.44. The van der Waals surface area contributed by atoms with Crippen LogP contribution in [0.15, 0.2) is 18.2 Å². The minimum atomic E-state index is -2.48. The van der Waals surface area contributed by atoms with E-state index in [0.29, 0.717) is 12.4 Å². The van der Waals surface area contributed by atoms with Gasteiger partial charge in [0, 0.05) is 22.5 Å². The van der Waals surface area contributed by atoms with Crippen molar-refractivity contribution in [2.75, 3.05) is 6.61 Å². The van der Waals surface area contributed by atoms with Gasteiger partial charge in [0.1, 0.15) is 5.75 Å². The first-order valence-corrected chi connectivity index (χ1v) is 7.84. The molecule has 0 radical (unpaired) electrons. The van der Waals surface area contributed by atoms with Gasteiger partial charge in [-0.2, -0.15) is 0 Å². The van der Waals surface area contributed by atoms with E-state index in [1.165, 1.54) is 12.1 Å². The van der Waals surface area contributed by atoms with E-state index >= 15 is 0 Å². The van der Waals surface area contributed by atoms with Crippen LogP contribution < -0.4 is 4.74 Å². The number of fused-ring (bicyclic) bond motifs is 2. The van der Waals surface area contributed by atoms with E-state index in [-0.39, 0.29) is 22.8 Å². The molecule has 1 aromatic rings. The molecule has 1 fully saturated rings. The standard InChI is InChI=1S/C17H22F2O3/c1-10(16(20)21)11-4-6-17(7-5-11)9-22-14-8-12(15(18)19)2-3-13(14)17/h2-3,8,10-11,15-16,20-21H,4-7,9H2,1H3/t10-,11?,17?/m0/s1. The first-order valence-electron chi connectivity index (χ1n) is 7.84. The van der Waals surface area contributed by atoms with Gasteiger partial charge in [-0.15, -0.1) is 0 Å². The minimum Gasteiger partial charge on any atom is -0.492 e. The number of halogens is 2. The number of alkyl halides is 2. The smallest absolute Gasteiger partial charge is 0.263 e. The first-order chi connectivity index (χ1) is 10.4. The second kappa shape index (κ2) is 5.78. The molecule has 3 rings (SSSR count). The lowest BCUT2D eigenvalue weighted by Crippen LogP contribution is -2.37. The summed E-state index contributed by atoms with van der Waals surface area (Å²) in [6, 6.07) is 4.74. The van der Waals surface area contributed by atoms with Crippen LogP contribution in [0.5, 0.6) is 5.75 Å². The van der Waals surface area contributed by atoms with E-state index in [9.17, 15) is 19.0 Å². The zero-order valence-electron chi connectivity index (χ0n) is 12.6. The fourth-order valence-electron chi connectivity index (χ4n) is 3.90. The summed E-state index contributed by atoms with van der Waals surface area (Å²) in [5.41, 5.74) is 0.946. The number of rotatable bonds is 3. The quantitative estimate of drug-likeness (QED) is 0.841. The molecule has 2 aliphatic rings. The fourth-order valence-corrected chi connectivity index (χ4v) is 3.90. The van der Waals surface area contributed by atoms with Crippen LogP contribution >= 0.6 is 0 Å². The van der Waals surface area contributed by atoms with Crippen LogP contribution in [0.3, 0.4) is 0 Å². The molecule has 1 aliphatic heterocycles. The summed E-state index contributed by atoms with van der Waals surface area (Å²) in [7, 11) is 0. The topological polar surface area (TPSA) is 49.7 Å². The van der Waals surface area contributed by atoms with Crippen molar-refractivity contribution in [1.29, 1.82) is 0 Å². The Morgan fingerprint density at radius 1 is 1.23 bits per heavy atom. The van der Waals surface area contributed by atoms with Gasteiger partial charge < -0.3 is 14.9 Å². The first kappa shape index (κ1) is 15.7. The highest BCUT2D eigenvalue weighted by atomic mass is 19.3. The Hall–Kier alpha value is -1.20. The molecule has 0 bridgehead atoms. The Labute approximate surface area is 128 Å². The largest absolute Gasteiger partial charge is 0.492 e. The summed E-state index contributed by atoms with van der Waals surface area (Å²) in [4.78, 5) is 0. The van der Waals surface area contributed by atoms with Crippen molar-refractivity contribution in [3.8, 4) is 5.75 Å². The summed E-state index contributed by atoms with van der Waals surface area (Å²) in [5.74, 6) is 0.738. The number of aliphatic hydroxyl groups excluding tert-OH is 1. The summed E-state index contributed by atoms with van der Waals surface area (Å²) in [5, 5.41) is 18.7. The van der Waals surface area contributed by atoms with Gasteiger partial charge in [0.25, 0.3) is 6.43 Å². The molecule has 122 valence electrons. The van der Waals surface area contributed by atoms with Gasteiger partial charge >= 0.3 is 0 Å². The molecule has 0 aromatic heterocycles. The molecule has 1 aromatic carbocycles. The number of ether oxygens (including phenoxy) is 1. The average molecular weight is 312 g/mol. The zero-order chi connectivity index (χ0) is 15.9. The summed E-state index contributed by atoms with van der Waals surface area (Å²) >= 11 is 0. The van der Waals surface area contributed by atoms with E-state index in [0.717, 1.165) is 31.2 Å². The summed E-state index contributed by atoms with van der Waals surface area (Å²) in [6.45, 7) is 2.40. The third-order valence-electron chi connectivity index (χ3n) is 5.53. The fraction of sp³-hybridized carbons (Fsp3) is 0.647. The van der Waals surface area contributed by atoms with Gasteiger partial charge in [-0.1, -0.05) is 19.1 Å². The third-order valence-corrected chi connectivity index (χ3v) is 5.53. The van der Waals surface area contributed by atoms with Crippen LogP contribution in [0, 0.1) is 11.8 Å². The molecule has 1 atom stereocenters. The minimum absolute atomic E-state index is 0.00140. The van der Waals surface area contributed by atoms with Crippen molar-refractivity contribution in [2.24, 2.45) is 11.8 Å². The van der Waals surface area contributed by atoms with E-state index in [2.05, 4.69) is 0 Å². The molecule has 0 unspecified atom stereocenters. The maximum atomic E-state index is 12.8. The summed E-state index contributed by atoms with van der Waals surface area (Å²) in [6.07, 6.45) is -0.158. The molecule has 0 saturated heterocycles. The number of hydrogen-bond donors (Lipinski definition) is 2. The zero-order valence-corrected chi connectivity index (χ0v) is 12.6. The van der Waals surface area contributed by atoms with E-state index in [1.807, 2.05) is 6.92 Å². The van der Waals surface area contributed by atoms with Crippen LogP contribution in [-0.4, -0.2) is 23.1 Å². The second-order valence-electron chi connectivity index (χ2n) is 6.74. The highest BCUT2D eigenvalue weighted by molar-refractivity contribution is 5.46. The van der Waals surface area contributed by atoms with Crippen LogP contribution in [-0.2, 0) is 5.41 Å². The van der Waals surface area contributed by atoms with Gasteiger partial charge in [-0.3, -0.25) is 0 Å². The second-order valence-corrected chi connectivity index (χ2v) is 6.74. The molecule has 5 heteroatoms. The van der Waals surface area contributed by atoms with Crippen molar-refractivity contribution < 1.29 is 23.7 Å². The van der Waals surface area contributed by atoms with E-state index in [4.69, 9.17) is 4.74 Å². The Balaban J connectivity index is 1.76. The van der Waals surface area contributed by atoms with Crippen molar-refractivity contribution in [3.63, 3.8) is 0 Å².